The Morgan fingerprint density at radius 2 is 2.05 bits per heavy atom. The number of pyridine rings is 1. The zero-order valence-electron chi connectivity index (χ0n) is 11.5. The van der Waals surface area contributed by atoms with E-state index in [1.54, 1.807) is 12.3 Å². The second kappa shape index (κ2) is 6.78. The van der Waals surface area contributed by atoms with E-state index in [0.29, 0.717) is 22.0 Å². The predicted molar refractivity (Wildman–Crippen MR) is 82.3 cm³/mol. The molecule has 5 heteroatoms. The molecule has 1 aliphatic rings. The van der Waals surface area contributed by atoms with E-state index in [4.69, 9.17) is 23.2 Å². The Labute approximate surface area is 125 Å². The molecule has 0 aliphatic carbocycles. The van der Waals surface area contributed by atoms with Gasteiger partial charge in [-0.05, 0) is 51.8 Å². The van der Waals surface area contributed by atoms with Crippen molar-refractivity contribution in [3.63, 3.8) is 0 Å². The molecule has 19 heavy (non-hydrogen) atoms. The molecule has 1 N–H and O–H groups in total. The van der Waals surface area contributed by atoms with Crippen molar-refractivity contribution < 1.29 is 0 Å². The number of aromatic nitrogens is 1. The van der Waals surface area contributed by atoms with Gasteiger partial charge in [0, 0.05) is 18.8 Å². The van der Waals surface area contributed by atoms with Crippen molar-refractivity contribution in [1.29, 1.82) is 0 Å². The highest BCUT2D eigenvalue weighted by Crippen LogP contribution is 2.29. The van der Waals surface area contributed by atoms with Crippen molar-refractivity contribution >= 4 is 29.0 Å². The van der Waals surface area contributed by atoms with Crippen LogP contribution in [0.5, 0.6) is 0 Å². The van der Waals surface area contributed by atoms with E-state index in [1.807, 2.05) is 0 Å². The molecular weight excluding hydrogens is 281 g/mol. The van der Waals surface area contributed by atoms with Gasteiger partial charge in [-0.15, -0.1) is 0 Å². The maximum absolute atomic E-state index is 6.29. The van der Waals surface area contributed by atoms with Crippen molar-refractivity contribution in [3.05, 3.63) is 22.3 Å². The van der Waals surface area contributed by atoms with E-state index >= 15 is 0 Å². The standard InChI is InChI=1S/C14H21Cl2N3/c1-10(2)19(9-11-3-5-17-6-4-11)14-13(16)7-12(15)8-18-14/h7-8,10-11,17H,3-6,9H2,1-2H3. The van der Waals surface area contributed by atoms with E-state index in [2.05, 4.69) is 29.0 Å². The highest BCUT2D eigenvalue weighted by molar-refractivity contribution is 6.36. The maximum Gasteiger partial charge on any atom is 0.147 e. The van der Waals surface area contributed by atoms with Gasteiger partial charge in [0.05, 0.1) is 10.0 Å². The molecule has 1 aliphatic heterocycles. The number of rotatable bonds is 4. The fourth-order valence-corrected chi connectivity index (χ4v) is 2.99. The van der Waals surface area contributed by atoms with Gasteiger partial charge >= 0.3 is 0 Å². The van der Waals surface area contributed by atoms with Gasteiger partial charge in [-0.3, -0.25) is 0 Å². The fraction of sp³-hybridized carbons (Fsp3) is 0.643. The first-order valence-electron chi connectivity index (χ1n) is 6.86. The highest BCUT2D eigenvalue weighted by atomic mass is 35.5. The monoisotopic (exact) mass is 301 g/mol. The Balaban J connectivity index is 2.14. The van der Waals surface area contributed by atoms with Gasteiger partial charge in [-0.2, -0.15) is 0 Å². The van der Waals surface area contributed by atoms with Crippen LogP contribution in [0.4, 0.5) is 5.82 Å². The molecule has 0 atom stereocenters. The third-order valence-corrected chi connectivity index (χ3v) is 4.08. The second-order valence-corrected chi connectivity index (χ2v) is 6.24. The van der Waals surface area contributed by atoms with Crippen molar-refractivity contribution in [3.8, 4) is 0 Å². The lowest BCUT2D eigenvalue weighted by molar-refractivity contribution is 0.367. The first kappa shape index (κ1) is 14.9. The van der Waals surface area contributed by atoms with E-state index in [-0.39, 0.29) is 0 Å². The predicted octanol–water partition coefficient (Wildman–Crippen LogP) is 3.60. The summed E-state index contributed by atoms with van der Waals surface area (Å²) in [6, 6.07) is 2.14. The molecule has 3 nitrogen and oxygen atoms in total. The van der Waals surface area contributed by atoms with E-state index in [0.717, 1.165) is 25.5 Å². The minimum absolute atomic E-state index is 0.376. The molecular formula is C14H21Cl2N3. The van der Waals surface area contributed by atoms with E-state index in [9.17, 15) is 0 Å². The summed E-state index contributed by atoms with van der Waals surface area (Å²) in [4.78, 5) is 6.70. The average molecular weight is 302 g/mol. The van der Waals surface area contributed by atoms with Gasteiger partial charge in [0.25, 0.3) is 0 Å². The molecule has 0 saturated carbocycles. The lowest BCUT2D eigenvalue weighted by Gasteiger charge is -2.34. The molecule has 0 radical (unpaired) electrons. The number of nitrogens with one attached hydrogen (secondary N) is 1. The molecule has 106 valence electrons. The summed E-state index contributed by atoms with van der Waals surface area (Å²) in [5.41, 5.74) is 0. The Morgan fingerprint density at radius 1 is 1.37 bits per heavy atom. The zero-order valence-corrected chi connectivity index (χ0v) is 13.0. The minimum Gasteiger partial charge on any atom is -0.353 e. The van der Waals surface area contributed by atoms with Gasteiger partial charge < -0.3 is 10.2 Å². The third-order valence-electron chi connectivity index (χ3n) is 3.60. The van der Waals surface area contributed by atoms with Crippen LogP contribution >= 0.6 is 23.2 Å². The summed E-state index contributed by atoms with van der Waals surface area (Å²) >= 11 is 12.2. The van der Waals surface area contributed by atoms with Crippen LogP contribution in [0.2, 0.25) is 10.0 Å². The molecule has 2 rings (SSSR count). The number of nitrogens with zero attached hydrogens (tertiary/aromatic N) is 2. The van der Waals surface area contributed by atoms with Crippen molar-refractivity contribution in [1.82, 2.24) is 10.3 Å². The van der Waals surface area contributed by atoms with Crippen LogP contribution in [0.25, 0.3) is 0 Å². The molecule has 1 fully saturated rings. The Kier molecular flexibility index (Phi) is 5.31. The van der Waals surface area contributed by atoms with Gasteiger partial charge in [0.1, 0.15) is 5.82 Å². The smallest absolute Gasteiger partial charge is 0.147 e. The first-order chi connectivity index (χ1) is 9.08. The van der Waals surface area contributed by atoms with Gasteiger partial charge in [-0.1, -0.05) is 23.2 Å². The molecule has 1 saturated heterocycles. The first-order valence-corrected chi connectivity index (χ1v) is 7.62. The molecule has 0 amide bonds. The highest BCUT2D eigenvalue weighted by Gasteiger charge is 2.21. The zero-order chi connectivity index (χ0) is 13.8. The van der Waals surface area contributed by atoms with E-state index in [1.165, 1.54) is 12.8 Å². The SMILES string of the molecule is CC(C)N(CC1CCNCC1)c1ncc(Cl)cc1Cl. The quantitative estimate of drug-likeness (QED) is 0.921. The molecule has 0 spiro atoms. The van der Waals surface area contributed by atoms with Crippen LogP contribution in [0, 0.1) is 5.92 Å². The molecule has 0 bridgehead atoms. The van der Waals surface area contributed by atoms with Crippen LogP contribution in [0.15, 0.2) is 12.3 Å². The number of hydrogen-bond acceptors (Lipinski definition) is 3. The molecule has 0 unspecified atom stereocenters. The normalized spacial score (nSPS) is 16.9. The number of anilines is 1. The van der Waals surface area contributed by atoms with Gasteiger partial charge in [-0.25, -0.2) is 4.98 Å². The third kappa shape index (κ3) is 3.98. The number of piperidine rings is 1. The maximum atomic E-state index is 6.29. The summed E-state index contributed by atoms with van der Waals surface area (Å²) in [5, 5.41) is 4.62. The van der Waals surface area contributed by atoms with Gasteiger partial charge in [0.2, 0.25) is 0 Å². The Bertz CT molecular complexity index is 417. The Hall–Kier alpha value is -0.510. The summed E-state index contributed by atoms with van der Waals surface area (Å²) in [6.07, 6.45) is 4.10. The van der Waals surface area contributed by atoms with Crippen molar-refractivity contribution in [2.45, 2.75) is 32.7 Å². The minimum atomic E-state index is 0.376. The summed E-state index contributed by atoms with van der Waals surface area (Å²) in [6.45, 7) is 7.58. The number of halogens is 2. The van der Waals surface area contributed by atoms with Crippen LogP contribution < -0.4 is 10.2 Å². The second-order valence-electron chi connectivity index (χ2n) is 5.40. The molecule has 1 aromatic rings. The lowest BCUT2D eigenvalue weighted by atomic mass is 9.97. The van der Waals surface area contributed by atoms with Crippen LogP contribution in [-0.2, 0) is 0 Å². The van der Waals surface area contributed by atoms with Crippen LogP contribution in [-0.4, -0.2) is 30.7 Å². The van der Waals surface area contributed by atoms with Gasteiger partial charge in [0.15, 0.2) is 0 Å². The van der Waals surface area contributed by atoms with Crippen molar-refractivity contribution in [2.75, 3.05) is 24.5 Å². The molecule has 2 heterocycles. The lowest BCUT2D eigenvalue weighted by Crippen LogP contribution is -2.40. The van der Waals surface area contributed by atoms with Crippen LogP contribution in [0.3, 0.4) is 0 Å². The summed E-state index contributed by atoms with van der Waals surface area (Å²) < 4.78 is 0. The summed E-state index contributed by atoms with van der Waals surface area (Å²) in [5.74, 6) is 1.55. The fourth-order valence-electron chi connectivity index (χ4n) is 2.50. The molecule has 0 aromatic carbocycles. The Morgan fingerprint density at radius 3 is 2.63 bits per heavy atom. The largest absolute Gasteiger partial charge is 0.353 e. The summed E-state index contributed by atoms with van der Waals surface area (Å²) in [7, 11) is 0. The van der Waals surface area contributed by atoms with Crippen LogP contribution in [0.1, 0.15) is 26.7 Å². The molecule has 1 aromatic heterocycles. The van der Waals surface area contributed by atoms with E-state index < -0.39 is 0 Å². The topological polar surface area (TPSA) is 28.2 Å². The number of hydrogen-bond donors (Lipinski definition) is 1. The van der Waals surface area contributed by atoms with Crippen molar-refractivity contribution in [2.24, 2.45) is 5.92 Å². The average Bonchev–Trinajstić information content (AvgIpc) is 2.38.